The second kappa shape index (κ2) is 39.9. The molecule has 9 heterocycles. The number of aromatic hydroxyl groups is 3. The Morgan fingerprint density at radius 2 is 1.32 bits per heavy atom. The van der Waals surface area contributed by atoms with E-state index in [4.69, 9.17) is 72.6 Å². The third-order valence-corrected chi connectivity index (χ3v) is 24.2. The number of rotatable bonds is 22. The number of amides is 7. The first kappa shape index (κ1) is 93.9. The molecule has 1 aromatic heterocycles. The summed E-state index contributed by atoms with van der Waals surface area (Å²) >= 11 is 16.1. The summed E-state index contributed by atoms with van der Waals surface area (Å²) in [6.45, 7) is 5.66. The lowest BCUT2D eigenvalue weighted by atomic mass is 9.86. The van der Waals surface area contributed by atoms with Crippen molar-refractivity contribution in [2.75, 3.05) is 26.7 Å². The van der Waals surface area contributed by atoms with Crippen LogP contribution in [-0.2, 0) is 62.0 Å². The van der Waals surface area contributed by atoms with Crippen LogP contribution in [0.25, 0.3) is 27.6 Å². The number of carboxylic acid groups (broad SMARTS) is 1. The van der Waals surface area contributed by atoms with Crippen LogP contribution >= 0.6 is 34.5 Å². The number of phenolic OH excluding ortho intramolecular Hbond substituents is 3. The Kier molecular flexibility index (Phi) is 29.5. The number of phenols is 3. The van der Waals surface area contributed by atoms with Crippen molar-refractivity contribution in [3.8, 4) is 67.6 Å². The fourth-order valence-electron chi connectivity index (χ4n) is 15.8. The lowest BCUT2D eigenvalue weighted by Crippen LogP contribution is -2.65. The number of hydrogen-bond donors (Lipinski definition) is 22. The van der Waals surface area contributed by atoms with Gasteiger partial charge in [-0.1, -0.05) is 91.7 Å². The van der Waals surface area contributed by atoms with E-state index in [9.17, 15) is 75.7 Å². The quantitative estimate of drug-likeness (QED) is 0.0433. The van der Waals surface area contributed by atoms with E-state index in [1.165, 1.54) is 33.0 Å². The number of carbonyl (C=O) groups excluding carboxylic acids is 7. The number of nitrogens with two attached hydrogens (primary N) is 2. The summed E-state index contributed by atoms with van der Waals surface area (Å²) < 4.78 is 51.3. The number of aliphatic carboxylic acids is 1. The van der Waals surface area contributed by atoms with Crippen molar-refractivity contribution in [1.82, 2.24) is 42.5 Å². The minimum absolute atomic E-state index is 0.125. The Bertz CT molecular complexity index is 5280. The monoisotopic (exact) mass is 1820 g/mol. The highest BCUT2D eigenvalue weighted by atomic mass is 35.5. The number of fused-ring (bicyclic) bond motifs is 15. The molecule has 38 nitrogen and oxygen atoms in total. The van der Waals surface area contributed by atoms with Gasteiger partial charge in [0.1, 0.15) is 120 Å². The van der Waals surface area contributed by atoms with Crippen LogP contribution in [0.5, 0.6) is 46.0 Å². The minimum atomic E-state index is -2.42. The highest BCUT2D eigenvalue weighted by molar-refractivity contribution is 7.16. The highest BCUT2D eigenvalue weighted by Crippen LogP contribution is 2.51. The Morgan fingerprint density at radius 3 is 1.98 bits per heavy atom. The number of carboxylic acids is 1. The molecule has 0 radical (unpaired) electrons. The largest absolute Gasteiger partial charge is 0.508 e. The summed E-state index contributed by atoms with van der Waals surface area (Å²) in [5.74, 6) is -16.6. The number of ether oxygens (including phenoxy) is 8. The Hall–Kier alpha value is -10.7. The van der Waals surface area contributed by atoms with Crippen molar-refractivity contribution in [3.05, 3.63) is 170 Å². The summed E-state index contributed by atoms with van der Waals surface area (Å²) in [5, 5.41) is 159. The second-order valence-corrected chi connectivity index (χ2v) is 34.2. The van der Waals surface area contributed by atoms with E-state index in [2.05, 4.69) is 42.5 Å². The fourth-order valence-corrected chi connectivity index (χ4v) is 17.2. The Morgan fingerprint density at radius 1 is 0.677 bits per heavy atom. The number of primary amides is 1. The van der Waals surface area contributed by atoms with Gasteiger partial charge in [0.2, 0.25) is 53.4 Å². The van der Waals surface area contributed by atoms with Crippen molar-refractivity contribution in [2.24, 2.45) is 17.4 Å². The predicted octanol–water partition coefficient (Wildman–Crippen LogP) is 2.36. The zero-order valence-electron chi connectivity index (χ0n) is 68.6. The molecule has 0 aliphatic carbocycles. The fraction of sp³-hybridized carbons (Fsp3) is 0.419. The molecular weight excluding hydrogens is 1720 g/mol. The summed E-state index contributed by atoms with van der Waals surface area (Å²) in [6.07, 6.45) is -24.5. The van der Waals surface area contributed by atoms with Gasteiger partial charge in [0.25, 0.3) is 0 Å². The number of halogens is 2. The first-order chi connectivity index (χ1) is 60.4. The van der Waals surface area contributed by atoms with Gasteiger partial charge >= 0.3 is 5.97 Å². The summed E-state index contributed by atoms with van der Waals surface area (Å²) in [6, 6.07) is 12.9. The molecule has 41 heteroatoms. The number of aliphatic hydroxyl groups is 8. The maximum absolute atomic E-state index is 16.4. The summed E-state index contributed by atoms with van der Waals surface area (Å²) in [7, 11) is 1.46. The number of nitrogens with one attached hydrogen (secondary N) is 8. The molecule has 23 atom stereocenters. The highest BCUT2D eigenvalue weighted by Gasteiger charge is 2.53. The number of hydrogen-bond acceptors (Lipinski definition) is 31. The van der Waals surface area contributed by atoms with E-state index in [1.807, 2.05) is 68.5 Å². The van der Waals surface area contributed by atoms with Crippen molar-refractivity contribution < 1.29 is 138 Å². The standard InChI is InChI=1S/C86H98Cl2N10O28S/c1-35(2)23-48(91-5)77(111)97-65-67(104)39-15-19-52(46(87)25-39)120-54-27-41-28-55(74(54)125-85-72(109)70(107)75(57(34-99)123-85)126-84-71(108)69(106)68(105)56(122-84)33-92-22-10-9-13-43-17-21-58(127-43)37-11-7-6-8-12-37)121-53-20-16-40(26-47(53)88)73(124-60-32-86(4,90)76(110)36(3)119-60)66-82(116)96-64(83(117)118)45-29-42(100)30-51(102)61(45)44-24-38(14-18-50(44)101)62(79(113)98-66)95-80(114)63(41)94-78(112)49(31-59(89)103)93-81(65)115/h6-9,11-21,24-30,35-36,48-49,56-57,60,62-73,75-76,84-85,91-92,99-102,104-110H,10,22-23,31-34,90H2,1-5H3,(H2,89,103)(H,93,115)(H,94,112)(H,95,114)(H,96,116)(H,97,111)(H,98,113)(H,117,118)/t36-,48+,49-,56+,57+,60-,62+,63+,64+,65?,66-,67+,68-,69-,70+,71+,72+,73+,75+,76-,84-,85-,86-/m0/s1. The molecule has 8 aliphatic rings. The van der Waals surface area contributed by atoms with Gasteiger partial charge in [-0.05, 0) is 147 Å². The molecule has 7 aromatic rings. The van der Waals surface area contributed by atoms with Gasteiger partial charge < -0.3 is 153 Å². The van der Waals surface area contributed by atoms with Crippen LogP contribution in [0, 0.1) is 5.92 Å². The van der Waals surface area contributed by atoms with Gasteiger partial charge in [-0.2, -0.15) is 0 Å². The molecule has 3 saturated heterocycles. The number of carbonyl (C=O) groups is 8. The third-order valence-electron chi connectivity index (χ3n) is 22.5. The average Bonchev–Trinajstić information content (AvgIpc) is 1.44. The second-order valence-electron chi connectivity index (χ2n) is 32.3. The van der Waals surface area contributed by atoms with E-state index in [0.717, 1.165) is 82.0 Å². The SMILES string of the molecule is CN[C@H](CC(C)C)C(=O)NC1C(=O)N[C@@H](CC(N)=O)C(=O)N[C@H]2C(=O)N[C@H]3C(=O)N[C@H](C(=O)N[C@@H](C(=O)O)c4cc(O)cc(O)c4-c4cc3ccc4O)[C@H](O[C@H]3C[C@](C)(N)[C@@H](O)[C@H](C)O3)c3ccc(c(Cl)c3)Oc3cc2cc(c3O[C@@H]2O[C@H](CO)[C@@H](O[C@@H]3O[C@H](CNCCC=Cc4ccc(-c5ccccc5)s4)[C@H](O)[C@H](O)[C@H]3O)[C@H](O)[C@H]2O)Oc2ccc(cc2Cl)[C@H]1O. The lowest BCUT2D eigenvalue weighted by molar-refractivity contribution is -0.350. The van der Waals surface area contributed by atoms with Crippen LogP contribution in [0.15, 0.2) is 127 Å². The molecule has 6 aromatic carbocycles. The Labute approximate surface area is 739 Å². The van der Waals surface area contributed by atoms with E-state index < -0.39 is 279 Å². The van der Waals surface area contributed by atoms with Crippen molar-refractivity contribution in [2.45, 2.75) is 193 Å². The van der Waals surface area contributed by atoms with E-state index in [1.54, 1.807) is 11.3 Å². The van der Waals surface area contributed by atoms with Gasteiger partial charge in [0.05, 0.1) is 41.3 Å². The van der Waals surface area contributed by atoms with Crippen molar-refractivity contribution >= 4 is 87.9 Å². The number of benzene rings is 6. The van der Waals surface area contributed by atoms with Crippen LogP contribution in [-0.4, -0.2) is 245 Å². The van der Waals surface area contributed by atoms with Crippen LogP contribution in [0.2, 0.25) is 10.0 Å². The average molecular weight is 1820 g/mol. The van der Waals surface area contributed by atoms with Gasteiger partial charge in [0, 0.05) is 51.0 Å². The molecule has 24 N–H and O–H groups in total. The molecule has 0 saturated carbocycles. The van der Waals surface area contributed by atoms with Crippen LogP contribution in [0.4, 0.5) is 0 Å². The smallest absolute Gasteiger partial charge is 0.330 e. The van der Waals surface area contributed by atoms with Crippen LogP contribution < -0.4 is 68.2 Å². The predicted molar refractivity (Wildman–Crippen MR) is 451 cm³/mol. The molecule has 11 bridgehead atoms. The first-order valence-corrected chi connectivity index (χ1v) is 42.1. The zero-order valence-corrected chi connectivity index (χ0v) is 71.0. The molecular formula is C86H98Cl2N10O28S. The number of likely N-dealkylation sites (N-methyl/N-ethyl adjacent to an activating group) is 1. The lowest BCUT2D eigenvalue weighted by Gasteiger charge is -2.46. The molecule has 0 spiro atoms. The number of aliphatic hydroxyl groups excluding tert-OH is 8. The molecule has 1 unspecified atom stereocenters. The molecule has 15 rings (SSSR count). The summed E-state index contributed by atoms with van der Waals surface area (Å²) in [5.41, 5.74) is 9.10. The topological polar surface area (TPSA) is 601 Å². The van der Waals surface area contributed by atoms with Crippen LogP contribution in [0.3, 0.4) is 0 Å². The Balaban J connectivity index is 0.946. The third kappa shape index (κ3) is 21.0. The molecule has 8 aliphatic heterocycles. The van der Waals surface area contributed by atoms with Crippen molar-refractivity contribution in [1.29, 1.82) is 0 Å². The summed E-state index contributed by atoms with van der Waals surface area (Å²) in [4.78, 5) is 122. The minimum Gasteiger partial charge on any atom is -0.508 e. The van der Waals surface area contributed by atoms with E-state index in [0.29, 0.717) is 13.0 Å². The van der Waals surface area contributed by atoms with Gasteiger partial charge in [-0.3, -0.25) is 33.6 Å². The van der Waals surface area contributed by atoms with Gasteiger partial charge in [-0.25, -0.2) is 4.79 Å². The molecule has 127 heavy (non-hydrogen) atoms. The maximum Gasteiger partial charge on any atom is 0.330 e. The van der Waals surface area contributed by atoms with E-state index in [-0.39, 0.29) is 42.0 Å². The van der Waals surface area contributed by atoms with Crippen molar-refractivity contribution in [3.63, 3.8) is 0 Å². The first-order valence-electron chi connectivity index (χ1n) is 40.5. The van der Waals surface area contributed by atoms with Crippen LogP contribution in [0.1, 0.15) is 116 Å². The van der Waals surface area contributed by atoms with Gasteiger partial charge in [-0.15, -0.1) is 11.3 Å². The molecule has 680 valence electrons. The van der Waals surface area contributed by atoms with E-state index >= 15 is 24.0 Å². The number of thiophene rings is 1. The maximum atomic E-state index is 16.4. The molecule has 7 amide bonds. The normalized spacial score (nSPS) is 29.6. The molecule has 3 fully saturated rings. The zero-order chi connectivity index (χ0) is 91.5. The van der Waals surface area contributed by atoms with Gasteiger partial charge in [0.15, 0.2) is 30.1 Å².